The highest BCUT2D eigenvalue weighted by Crippen LogP contribution is 2.36. The van der Waals surface area contributed by atoms with Gasteiger partial charge in [-0.3, -0.25) is 0 Å². The molecule has 2 unspecified atom stereocenters. The molecule has 0 amide bonds. The van der Waals surface area contributed by atoms with Crippen molar-refractivity contribution in [3.8, 4) is 0 Å². The van der Waals surface area contributed by atoms with Crippen molar-refractivity contribution in [3.63, 3.8) is 0 Å². The molecule has 1 N–H and O–H groups in total. The van der Waals surface area contributed by atoms with Crippen LogP contribution < -0.4 is 0 Å². The van der Waals surface area contributed by atoms with E-state index in [1.54, 1.807) is 18.7 Å². The highest BCUT2D eigenvalue weighted by molar-refractivity contribution is 7.99. The van der Waals surface area contributed by atoms with Crippen molar-refractivity contribution in [3.05, 3.63) is 59.7 Å². The summed E-state index contributed by atoms with van der Waals surface area (Å²) in [5.74, 6) is 0. The fourth-order valence-corrected chi connectivity index (χ4v) is 3.59. The van der Waals surface area contributed by atoms with Crippen LogP contribution in [0.4, 0.5) is 0 Å². The molecule has 2 aromatic carbocycles. The highest BCUT2D eigenvalue weighted by Gasteiger charge is 2.36. The quantitative estimate of drug-likeness (QED) is 0.499. The molecule has 1 aliphatic heterocycles. The summed E-state index contributed by atoms with van der Waals surface area (Å²) in [5.41, 5.74) is 2.24. The molecule has 24 heavy (non-hydrogen) atoms. The molecule has 0 spiro atoms. The fraction of sp³-hybridized carbons (Fsp3) is 0.316. The van der Waals surface area contributed by atoms with Crippen LogP contribution in [0.1, 0.15) is 31.9 Å². The number of rotatable bonds is 4. The average Bonchev–Trinajstić information content (AvgIpc) is 2.95. The van der Waals surface area contributed by atoms with Gasteiger partial charge in [-0.25, -0.2) is 0 Å². The van der Waals surface area contributed by atoms with Crippen LogP contribution in [-0.2, 0) is 15.1 Å². The first kappa shape index (κ1) is 17.0. The van der Waals surface area contributed by atoms with E-state index in [2.05, 4.69) is 30.3 Å². The largest absolute Gasteiger partial charge is 0.411 e. The zero-order chi connectivity index (χ0) is 17.2. The molecule has 5 heteroatoms. The number of nitrogens with zero attached hydrogens (tertiary/aromatic N) is 1. The number of ether oxygens (including phenoxy) is 2. The molecule has 0 radical (unpaired) electrons. The molecule has 0 bridgehead atoms. The van der Waals surface area contributed by atoms with Crippen molar-refractivity contribution in [2.75, 3.05) is 6.61 Å². The Bertz CT molecular complexity index is 745. The molecule has 2 atom stereocenters. The fourth-order valence-electron chi connectivity index (χ4n) is 2.71. The maximum absolute atomic E-state index is 8.83. The molecular weight excluding hydrogens is 322 g/mol. The first-order chi connectivity index (χ1) is 11.5. The minimum Gasteiger partial charge on any atom is -0.411 e. The van der Waals surface area contributed by atoms with Gasteiger partial charge in [0.1, 0.15) is 5.60 Å². The van der Waals surface area contributed by atoms with Crippen LogP contribution in [-0.4, -0.2) is 23.8 Å². The van der Waals surface area contributed by atoms with E-state index in [-0.39, 0.29) is 6.29 Å². The van der Waals surface area contributed by atoms with Gasteiger partial charge >= 0.3 is 0 Å². The van der Waals surface area contributed by atoms with Crippen molar-refractivity contribution in [1.82, 2.24) is 0 Å². The molecule has 0 aliphatic carbocycles. The molecule has 1 saturated heterocycles. The van der Waals surface area contributed by atoms with Gasteiger partial charge in [0.2, 0.25) is 0 Å². The summed E-state index contributed by atoms with van der Waals surface area (Å²) in [5, 5.41) is 12.1. The molecule has 0 saturated carbocycles. The summed E-state index contributed by atoms with van der Waals surface area (Å²) < 4.78 is 11.5. The maximum atomic E-state index is 8.83. The lowest BCUT2D eigenvalue weighted by Gasteiger charge is -2.23. The van der Waals surface area contributed by atoms with E-state index in [1.165, 1.54) is 0 Å². The second-order valence-corrected chi connectivity index (χ2v) is 7.21. The van der Waals surface area contributed by atoms with Crippen LogP contribution in [0.5, 0.6) is 0 Å². The predicted octanol–water partition coefficient (Wildman–Crippen LogP) is 4.64. The molecule has 1 fully saturated rings. The second kappa shape index (κ2) is 6.97. The Balaban J connectivity index is 1.78. The van der Waals surface area contributed by atoms with Crippen LogP contribution in [0.3, 0.4) is 0 Å². The molecule has 1 aliphatic rings. The summed E-state index contributed by atoms with van der Waals surface area (Å²) in [6.07, 6.45) is -0.171. The summed E-state index contributed by atoms with van der Waals surface area (Å²) in [7, 11) is 0. The van der Waals surface area contributed by atoms with E-state index in [1.807, 2.05) is 37.3 Å². The van der Waals surface area contributed by atoms with Crippen LogP contribution >= 0.6 is 11.8 Å². The normalized spacial score (nSPS) is 24.3. The molecular formula is C19H21NO3S. The molecule has 0 aromatic heterocycles. The monoisotopic (exact) mass is 343 g/mol. The smallest absolute Gasteiger partial charge is 0.156 e. The summed E-state index contributed by atoms with van der Waals surface area (Å²) in [4.78, 5) is 2.28. The van der Waals surface area contributed by atoms with E-state index in [0.29, 0.717) is 12.3 Å². The number of hydrogen-bond donors (Lipinski definition) is 1. The number of benzene rings is 2. The number of oxime groups is 1. The van der Waals surface area contributed by atoms with E-state index in [4.69, 9.17) is 14.7 Å². The standard InChI is InChI=1S/C19H21NO3S/c1-13(20-21)15-7-9-17(10-8-15)24-18-6-4-5-16(11-18)19(3)12-22-14(2)23-19/h4-11,14,21H,12H2,1-3H3. The molecule has 2 aromatic rings. The minimum absolute atomic E-state index is 0.171. The van der Waals surface area contributed by atoms with Crippen molar-refractivity contribution in [2.45, 2.75) is 42.5 Å². The van der Waals surface area contributed by atoms with Gasteiger partial charge in [0, 0.05) is 9.79 Å². The van der Waals surface area contributed by atoms with Gasteiger partial charge < -0.3 is 14.7 Å². The highest BCUT2D eigenvalue weighted by atomic mass is 32.2. The van der Waals surface area contributed by atoms with Crippen molar-refractivity contribution in [1.29, 1.82) is 0 Å². The maximum Gasteiger partial charge on any atom is 0.156 e. The zero-order valence-electron chi connectivity index (χ0n) is 14.0. The van der Waals surface area contributed by atoms with E-state index in [0.717, 1.165) is 20.9 Å². The topological polar surface area (TPSA) is 51.1 Å². The second-order valence-electron chi connectivity index (χ2n) is 6.07. The Kier molecular flexibility index (Phi) is 4.94. The predicted molar refractivity (Wildman–Crippen MR) is 94.9 cm³/mol. The third-order valence-electron chi connectivity index (χ3n) is 4.12. The SMILES string of the molecule is CC(=NO)c1ccc(Sc2cccc(C3(C)COC(C)O3)c2)cc1. The third kappa shape index (κ3) is 3.64. The zero-order valence-corrected chi connectivity index (χ0v) is 14.8. The summed E-state index contributed by atoms with van der Waals surface area (Å²) in [6, 6.07) is 16.3. The van der Waals surface area contributed by atoms with Crippen LogP contribution in [0.25, 0.3) is 0 Å². The first-order valence-electron chi connectivity index (χ1n) is 7.87. The average molecular weight is 343 g/mol. The van der Waals surface area contributed by atoms with E-state index in [9.17, 15) is 0 Å². The number of hydrogen-bond acceptors (Lipinski definition) is 5. The van der Waals surface area contributed by atoms with Gasteiger partial charge in [0.25, 0.3) is 0 Å². The Labute approximate surface area is 146 Å². The van der Waals surface area contributed by atoms with Gasteiger partial charge in [-0.2, -0.15) is 0 Å². The van der Waals surface area contributed by atoms with Gasteiger partial charge in [-0.05, 0) is 56.2 Å². The molecule has 126 valence electrons. The van der Waals surface area contributed by atoms with Gasteiger partial charge in [-0.1, -0.05) is 41.2 Å². The Morgan fingerprint density at radius 1 is 1.21 bits per heavy atom. The van der Waals surface area contributed by atoms with Crippen molar-refractivity contribution >= 4 is 17.5 Å². The van der Waals surface area contributed by atoms with Crippen LogP contribution in [0.2, 0.25) is 0 Å². The summed E-state index contributed by atoms with van der Waals surface area (Å²) >= 11 is 1.69. The molecule has 4 nitrogen and oxygen atoms in total. The van der Waals surface area contributed by atoms with Crippen molar-refractivity contribution in [2.24, 2.45) is 5.16 Å². The van der Waals surface area contributed by atoms with Crippen LogP contribution in [0.15, 0.2) is 63.5 Å². The lowest BCUT2D eigenvalue weighted by Crippen LogP contribution is -2.24. The minimum atomic E-state index is -0.394. The summed E-state index contributed by atoms with van der Waals surface area (Å²) in [6.45, 7) is 6.32. The Morgan fingerprint density at radius 3 is 2.58 bits per heavy atom. The van der Waals surface area contributed by atoms with Crippen molar-refractivity contribution < 1.29 is 14.7 Å². The van der Waals surface area contributed by atoms with Gasteiger partial charge in [0.15, 0.2) is 6.29 Å². The van der Waals surface area contributed by atoms with Gasteiger partial charge in [0.05, 0.1) is 12.3 Å². The molecule has 1 heterocycles. The lowest BCUT2D eigenvalue weighted by atomic mass is 9.97. The lowest BCUT2D eigenvalue weighted by molar-refractivity contribution is -0.0729. The van der Waals surface area contributed by atoms with Gasteiger partial charge in [-0.15, -0.1) is 0 Å². The first-order valence-corrected chi connectivity index (χ1v) is 8.69. The van der Waals surface area contributed by atoms with E-state index < -0.39 is 5.60 Å². The Hall–Kier alpha value is -1.82. The third-order valence-corrected chi connectivity index (χ3v) is 5.12. The molecule has 3 rings (SSSR count). The Morgan fingerprint density at radius 2 is 1.96 bits per heavy atom. The van der Waals surface area contributed by atoms with E-state index >= 15 is 0 Å². The van der Waals surface area contributed by atoms with Crippen LogP contribution in [0, 0.1) is 0 Å².